The van der Waals surface area contributed by atoms with E-state index >= 15 is 0 Å². The van der Waals surface area contributed by atoms with Gasteiger partial charge in [-0.2, -0.15) is 4.74 Å². The van der Waals surface area contributed by atoms with E-state index in [0.29, 0.717) is 16.8 Å². The van der Waals surface area contributed by atoms with E-state index in [1.165, 1.54) is 0 Å². The third-order valence-electron chi connectivity index (χ3n) is 3.79. The molecule has 3 nitrogen and oxygen atoms in total. The summed E-state index contributed by atoms with van der Waals surface area (Å²) in [6.07, 6.45) is 0. The minimum atomic E-state index is -0.197. The van der Waals surface area contributed by atoms with Crippen LogP contribution in [0.1, 0.15) is 42.3 Å². The molecule has 0 aromatic heterocycles. The standard InChI is InChI=1S/C18H17NO2/c1-18(2,3)13-9-10-15-14(11-13)17(20)16(19(15)21)12-7-5-4-6-8-12/h4-11H,1-3H3. The SMILES string of the molecule is CC(C)(C)c1ccc2c(c1)C(=O)C(c1ccccc1)=[N+]2[O-]. The topological polar surface area (TPSA) is 43.1 Å². The maximum absolute atomic E-state index is 12.6. The lowest BCUT2D eigenvalue weighted by molar-refractivity contribution is -0.355. The van der Waals surface area contributed by atoms with Crippen LogP contribution in [-0.2, 0) is 5.41 Å². The van der Waals surface area contributed by atoms with Gasteiger partial charge >= 0.3 is 0 Å². The first-order valence-corrected chi connectivity index (χ1v) is 6.98. The average Bonchev–Trinajstić information content (AvgIpc) is 2.70. The molecule has 0 fully saturated rings. The predicted molar refractivity (Wildman–Crippen MR) is 83.3 cm³/mol. The molecule has 0 aliphatic carbocycles. The van der Waals surface area contributed by atoms with E-state index in [1.807, 2.05) is 30.3 Å². The van der Waals surface area contributed by atoms with E-state index < -0.39 is 0 Å². The van der Waals surface area contributed by atoms with Crippen LogP contribution in [0.4, 0.5) is 5.69 Å². The number of carbonyl (C=O) groups excluding carboxylic acids is 1. The molecule has 21 heavy (non-hydrogen) atoms. The zero-order valence-electron chi connectivity index (χ0n) is 12.4. The molecule has 0 atom stereocenters. The van der Waals surface area contributed by atoms with Gasteiger partial charge < -0.3 is 5.21 Å². The Kier molecular flexibility index (Phi) is 2.94. The first kappa shape index (κ1) is 13.6. The van der Waals surface area contributed by atoms with Crippen LogP contribution >= 0.6 is 0 Å². The highest BCUT2D eigenvalue weighted by atomic mass is 16.5. The van der Waals surface area contributed by atoms with Crippen molar-refractivity contribution in [3.63, 3.8) is 0 Å². The second-order valence-electron chi connectivity index (χ2n) is 6.32. The van der Waals surface area contributed by atoms with Crippen molar-refractivity contribution in [3.05, 3.63) is 70.4 Å². The number of fused-ring (bicyclic) bond motifs is 1. The number of ketones is 1. The third kappa shape index (κ3) is 2.15. The van der Waals surface area contributed by atoms with Crippen LogP contribution in [0.25, 0.3) is 0 Å². The molecule has 2 aromatic rings. The van der Waals surface area contributed by atoms with Crippen LogP contribution in [0.5, 0.6) is 0 Å². The number of hydrogen-bond acceptors (Lipinski definition) is 2. The van der Waals surface area contributed by atoms with Crippen LogP contribution in [-0.4, -0.2) is 16.2 Å². The quantitative estimate of drug-likeness (QED) is 0.588. The Bertz CT molecular complexity index is 753. The number of Topliss-reactive ketones (excluding diaryl/α,β-unsaturated/α-hetero) is 1. The highest BCUT2D eigenvalue weighted by Crippen LogP contribution is 2.32. The number of nitrogens with zero attached hydrogens (tertiary/aromatic N) is 1. The van der Waals surface area contributed by atoms with E-state index in [1.54, 1.807) is 18.2 Å². The Balaban J connectivity index is 2.14. The zero-order valence-corrected chi connectivity index (χ0v) is 12.4. The lowest BCUT2D eigenvalue weighted by Crippen LogP contribution is -2.16. The molecule has 3 rings (SSSR count). The minimum absolute atomic E-state index is 0.0570. The monoisotopic (exact) mass is 279 g/mol. The van der Waals surface area contributed by atoms with Gasteiger partial charge in [-0.3, -0.25) is 4.79 Å². The predicted octanol–water partition coefficient (Wildman–Crippen LogP) is 3.81. The van der Waals surface area contributed by atoms with Gasteiger partial charge in [-0.15, -0.1) is 0 Å². The average molecular weight is 279 g/mol. The highest BCUT2D eigenvalue weighted by Gasteiger charge is 2.37. The van der Waals surface area contributed by atoms with Crippen molar-refractivity contribution in [1.82, 2.24) is 0 Å². The van der Waals surface area contributed by atoms with Crippen molar-refractivity contribution in [1.29, 1.82) is 0 Å². The van der Waals surface area contributed by atoms with E-state index in [2.05, 4.69) is 20.8 Å². The second-order valence-corrected chi connectivity index (χ2v) is 6.32. The smallest absolute Gasteiger partial charge is 0.272 e. The fourth-order valence-corrected chi connectivity index (χ4v) is 2.55. The maximum Gasteiger partial charge on any atom is 0.272 e. The van der Waals surface area contributed by atoms with Gasteiger partial charge in [-0.05, 0) is 29.2 Å². The molecule has 0 saturated heterocycles. The van der Waals surface area contributed by atoms with Crippen LogP contribution in [0.15, 0.2) is 48.5 Å². The van der Waals surface area contributed by atoms with E-state index in [0.717, 1.165) is 10.3 Å². The van der Waals surface area contributed by atoms with Crippen molar-refractivity contribution in [2.45, 2.75) is 26.2 Å². The molecular formula is C18H17NO2. The van der Waals surface area contributed by atoms with Gasteiger partial charge in [0.25, 0.3) is 11.5 Å². The number of carbonyl (C=O) groups is 1. The van der Waals surface area contributed by atoms with Gasteiger partial charge in [0, 0.05) is 6.07 Å². The molecule has 0 radical (unpaired) electrons. The Morgan fingerprint density at radius 2 is 1.67 bits per heavy atom. The second kappa shape index (κ2) is 4.55. The summed E-state index contributed by atoms with van der Waals surface area (Å²) in [6, 6.07) is 14.6. The Morgan fingerprint density at radius 3 is 2.29 bits per heavy atom. The van der Waals surface area contributed by atoms with Crippen molar-refractivity contribution < 1.29 is 9.53 Å². The molecule has 1 aliphatic rings. The molecule has 0 amide bonds. The molecule has 0 bridgehead atoms. The molecule has 1 heterocycles. The van der Waals surface area contributed by atoms with Gasteiger partial charge in [-0.1, -0.05) is 45.0 Å². The lowest BCUT2D eigenvalue weighted by atomic mass is 9.85. The first-order valence-electron chi connectivity index (χ1n) is 6.98. The summed E-state index contributed by atoms with van der Waals surface area (Å²) in [5, 5.41) is 12.4. The molecule has 106 valence electrons. The maximum atomic E-state index is 12.6. The van der Waals surface area contributed by atoms with Crippen LogP contribution < -0.4 is 0 Å². The molecule has 0 spiro atoms. The first-order chi connectivity index (χ1) is 9.89. The fourth-order valence-electron chi connectivity index (χ4n) is 2.55. The Morgan fingerprint density at radius 1 is 1.00 bits per heavy atom. The summed E-state index contributed by atoms with van der Waals surface area (Å²) in [5.74, 6) is -0.197. The number of hydrogen-bond donors (Lipinski definition) is 0. The fraction of sp³-hybridized carbons (Fsp3) is 0.222. The molecule has 0 saturated carbocycles. The highest BCUT2D eigenvalue weighted by molar-refractivity contribution is 6.52. The van der Waals surface area contributed by atoms with E-state index in [-0.39, 0.29) is 16.9 Å². The lowest BCUT2D eigenvalue weighted by Gasteiger charge is -2.19. The molecule has 0 N–H and O–H groups in total. The van der Waals surface area contributed by atoms with Gasteiger partial charge in [0.15, 0.2) is 0 Å². The van der Waals surface area contributed by atoms with Gasteiger partial charge in [0.2, 0.25) is 5.69 Å². The Labute approximate surface area is 124 Å². The van der Waals surface area contributed by atoms with Crippen LogP contribution in [0, 0.1) is 5.21 Å². The van der Waals surface area contributed by atoms with Crippen molar-refractivity contribution >= 4 is 17.2 Å². The molecular weight excluding hydrogens is 262 g/mol. The summed E-state index contributed by atoms with van der Waals surface area (Å²) < 4.78 is 0.749. The van der Waals surface area contributed by atoms with Gasteiger partial charge in [-0.25, -0.2) is 0 Å². The summed E-state index contributed by atoms with van der Waals surface area (Å²) in [6.45, 7) is 6.26. The third-order valence-corrected chi connectivity index (χ3v) is 3.79. The molecule has 2 aromatic carbocycles. The molecule has 1 aliphatic heterocycles. The number of benzene rings is 2. The van der Waals surface area contributed by atoms with Crippen molar-refractivity contribution in [3.8, 4) is 0 Å². The van der Waals surface area contributed by atoms with Crippen LogP contribution in [0.3, 0.4) is 0 Å². The van der Waals surface area contributed by atoms with Gasteiger partial charge in [0.05, 0.1) is 5.56 Å². The molecule has 0 unspecified atom stereocenters. The number of rotatable bonds is 1. The van der Waals surface area contributed by atoms with Crippen molar-refractivity contribution in [2.75, 3.05) is 0 Å². The van der Waals surface area contributed by atoms with E-state index in [4.69, 9.17) is 0 Å². The summed E-state index contributed by atoms with van der Waals surface area (Å²) >= 11 is 0. The summed E-state index contributed by atoms with van der Waals surface area (Å²) in [4.78, 5) is 12.6. The van der Waals surface area contributed by atoms with Crippen molar-refractivity contribution in [2.24, 2.45) is 0 Å². The van der Waals surface area contributed by atoms with E-state index in [9.17, 15) is 10.0 Å². The largest absolute Gasteiger partial charge is 0.618 e. The molecule has 3 heteroatoms. The van der Waals surface area contributed by atoms with Crippen LogP contribution in [0.2, 0.25) is 0 Å². The minimum Gasteiger partial charge on any atom is -0.618 e. The normalized spacial score (nSPS) is 14.5. The van der Waals surface area contributed by atoms with Gasteiger partial charge in [0.1, 0.15) is 5.56 Å². The Hall–Kier alpha value is -2.42. The summed E-state index contributed by atoms with van der Waals surface area (Å²) in [7, 11) is 0. The summed E-state index contributed by atoms with van der Waals surface area (Å²) in [5.41, 5.74) is 2.79. The zero-order chi connectivity index (χ0) is 15.2.